The van der Waals surface area contributed by atoms with Crippen LogP contribution in [0.4, 0.5) is 11.4 Å². The number of nitrogens with zero attached hydrogens (tertiary/aromatic N) is 1. The van der Waals surface area contributed by atoms with Crippen LogP contribution in [0.1, 0.15) is 0 Å². The van der Waals surface area contributed by atoms with Crippen molar-refractivity contribution in [1.82, 2.24) is 4.98 Å². The van der Waals surface area contributed by atoms with Crippen molar-refractivity contribution in [2.75, 3.05) is 29.1 Å². The Hall–Kier alpha value is -0.860. The van der Waals surface area contributed by atoms with Gasteiger partial charge in [0.2, 0.25) is 0 Å². The van der Waals surface area contributed by atoms with Gasteiger partial charge in [-0.1, -0.05) is 5.92 Å². The molecule has 0 aliphatic heterocycles. The van der Waals surface area contributed by atoms with E-state index in [0.717, 1.165) is 28.2 Å². The molecule has 80 valence electrons. The van der Waals surface area contributed by atoms with Gasteiger partial charge < -0.3 is 11.1 Å². The molecule has 0 bridgehead atoms. The summed E-state index contributed by atoms with van der Waals surface area (Å²) in [6.07, 6.45) is 8.49. The number of terminal acetylenes is 1. The van der Waals surface area contributed by atoms with E-state index in [4.69, 9.17) is 12.2 Å². The Bertz CT molecular complexity index is 342. The monoisotopic (exact) mass is 285 g/mol. The molecule has 0 saturated heterocycles. The summed E-state index contributed by atoms with van der Waals surface area (Å²) in [5.41, 5.74) is 7.31. The minimum Gasteiger partial charge on any atom is -0.396 e. The van der Waals surface area contributed by atoms with Gasteiger partial charge in [0.05, 0.1) is 27.8 Å². The number of anilines is 2. The molecule has 0 spiro atoms. The Morgan fingerprint density at radius 2 is 2.40 bits per heavy atom. The topological polar surface area (TPSA) is 50.9 Å². The van der Waals surface area contributed by atoms with E-state index in [-0.39, 0.29) is 0 Å². The van der Waals surface area contributed by atoms with E-state index >= 15 is 0 Å². The Balaban J connectivity index is 2.41. The first kappa shape index (κ1) is 12.2. The smallest absolute Gasteiger partial charge is 0.0750 e. The number of halogens is 1. The zero-order valence-electron chi connectivity index (χ0n) is 8.16. The fourth-order valence-electron chi connectivity index (χ4n) is 1.02. The maximum atomic E-state index is 5.77. The Labute approximate surface area is 102 Å². The molecular formula is C10H12BrN3S. The standard InChI is InChI=1S/C10H12BrN3S/c1-2-4-15-5-3-14-10-8(11)6-13-7-9(10)12/h1,6-7H,3-5,12H2,(H,13,14). The number of hydrogen-bond donors (Lipinski definition) is 2. The van der Waals surface area contributed by atoms with Gasteiger partial charge in [-0.3, -0.25) is 4.98 Å². The van der Waals surface area contributed by atoms with Crippen molar-refractivity contribution in [2.24, 2.45) is 0 Å². The number of aromatic nitrogens is 1. The van der Waals surface area contributed by atoms with E-state index in [1.165, 1.54) is 0 Å². The first-order valence-electron chi connectivity index (χ1n) is 4.39. The Kier molecular flexibility index (Phi) is 5.37. The predicted octanol–water partition coefficient (Wildman–Crippen LogP) is 2.20. The number of rotatable bonds is 5. The van der Waals surface area contributed by atoms with Crippen LogP contribution in [-0.2, 0) is 0 Å². The first-order valence-corrected chi connectivity index (χ1v) is 6.34. The van der Waals surface area contributed by atoms with Gasteiger partial charge in [-0.2, -0.15) is 0 Å². The molecule has 1 aromatic heterocycles. The second-order valence-corrected chi connectivity index (χ2v) is 4.73. The molecule has 3 N–H and O–H groups in total. The van der Waals surface area contributed by atoms with Gasteiger partial charge in [0.25, 0.3) is 0 Å². The van der Waals surface area contributed by atoms with E-state index in [1.54, 1.807) is 24.2 Å². The molecule has 3 nitrogen and oxygen atoms in total. The lowest BCUT2D eigenvalue weighted by atomic mass is 10.3. The summed E-state index contributed by atoms with van der Waals surface area (Å²) in [7, 11) is 0. The van der Waals surface area contributed by atoms with E-state index in [2.05, 4.69) is 32.2 Å². The number of nitrogens with one attached hydrogen (secondary N) is 1. The van der Waals surface area contributed by atoms with Crippen molar-refractivity contribution in [3.8, 4) is 12.3 Å². The molecule has 0 atom stereocenters. The number of nitrogen functional groups attached to an aromatic ring is 1. The highest BCUT2D eigenvalue weighted by Crippen LogP contribution is 2.26. The normalized spacial score (nSPS) is 9.60. The van der Waals surface area contributed by atoms with Crippen LogP contribution in [0, 0.1) is 12.3 Å². The van der Waals surface area contributed by atoms with Crippen molar-refractivity contribution in [3.05, 3.63) is 16.9 Å². The molecule has 15 heavy (non-hydrogen) atoms. The van der Waals surface area contributed by atoms with Gasteiger partial charge in [-0.25, -0.2) is 0 Å². The second-order valence-electron chi connectivity index (χ2n) is 2.77. The third-order valence-electron chi connectivity index (χ3n) is 1.66. The van der Waals surface area contributed by atoms with Gasteiger partial charge in [0.1, 0.15) is 0 Å². The average Bonchev–Trinajstić information content (AvgIpc) is 2.21. The highest BCUT2D eigenvalue weighted by molar-refractivity contribution is 9.10. The number of hydrogen-bond acceptors (Lipinski definition) is 4. The first-order chi connectivity index (χ1) is 7.25. The zero-order valence-corrected chi connectivity index (χ0v) is 10.6. The maximum absolute atomic E-state index is 5.77. The molecule has 5 heteroatoms. The van der Waals surface area contributed by atoms with E-state index in [0.29, 0.717) is 5.69 Å². The average molecular weight is 286 g/mol. The molecule has 0 unspecified atom stereocenters. The van der Waals surface area contributed by atoms with Crippen LogP contribution in [0.3, 0.4) is 0 Å². The van der Waals surface area contributed by atoms with Crippen LogP contribution >= 0.6 is 27.7 Å². The van der Waals surface area contributed by atoms with Crippen molar-refractivity contribution in [2.45, 2.75) is 0 Å². The number of pyridine rings is 1. The van der Waals surface area contributed by atoms with Gasteiger partial charge in [-0.15, -0.1) is 18.2 Å². The summed E-state index contributed by atoms with van der Waals surface area (Å²) in [5.74, 6) is 4.28. The quantitative estimate of drug-likeness (QED) is 0.643. The van der Waals surface area contributed by atoms with Crippen LogP contribution in [0.15, 0.2) is 16.9 Å². The lowest BCUT2D eigenvalue weighted by Gasteiger charge is -2.09. The predicted molar refractivity (Wildman–Crippen MR) is 71.0 cm³/mol. The summed E-state index contributed by atoms with van der Waals surface area (Å²) in [6.45, 7) is 0.832. The molecule has 0 aromatic carbocycles. The third kappa shape index (κ3) is 4.02. The Morgan fingerprint density at radius 1 is 1.60 bits per heavy atom. The van der Waals surface area contributed by atoms with E-state index in [9.17, 15) is 0 Å². The van der Waals surface area contributed by atoms with Gasteiger partial charge in [-0.05, 0) is 15.9 Å². The van der Waals surface area contributed by atoms with Crippen molar-refractivity contribution in [1.29, 1.82) is 0 Å². The molecule has 1 heterocycles. The summed E-state index contributed by atoms with van der Waals surface area (Å²) >= 11 is 5.10. The summed E-state index contributed by atoms with van der Waals surface area (Å²) < 4.78 is 0.879. The highest BCUT2D eigenvalue weighted by atomic mass is 79.9. The van der Waals surface area contributed by atoms with Crippen LogP contribution in [0.2, 0.25) is 0 Å². The van der Waals surface area contributed by atoms with Gasteiger partial charge in [0, 0.05) is 18.5 Å². The minimum absolute atomic E-state index is 0.645. The lowest BCUT2D eigenvalue weighted by Crippen LogP contribution is -2.07. The Morgan fingerprint density at radius 3 is 3.07 bits per heavy atom. The molecule has 0 aliphatic rings. The largest absolute Gasteiger partial charge is 0.396 e. The minimum atomic E-state index is 0.645. The second kappa shape index (κ2) is 6.59. The molecule has 0 amide bonds. The van der Waals surface area contributed by atoms with Crippen LogP contribution in [0.5, 0.6) is 0 Å². The summed E-state index contributed by atoms with van der Waals surface area (Å²) in [6, 6.07) is 0. The van der Waals surface area contributed by atoms with Crippen LogP contribution in [0.25, 0.3) is 0 Å². The summed E-state index contributed by atoms with van der Waals surface area (Å²) in [5, 5.41) is 3.24. The number of nitrogens with two attached hydrogens (primary N) is 1. The van der Waals surface area contributed by atoms with Crippen molar-refractivity contribution in [3.63, 3.8) is 0 Å². The SMILES string of the molecule is C#CCSCCNc1c(N)cncc1Br. The fourth-order valence-corrected chi connectivity index (χ4v) is 2.01. The van der Waals surface area contributed by atoms with Crippen LogP contribution < -0.4 is 11.1 Å². The van der Waals surface area contributed by atoms with Crippen molar-refractivity contribution < 1.29 is 0 Å². The number of thioether (sulfide) groups is 1. The van der Waals surface area contributed by atoms with E-state index in [1.807, 2.05) is 0 Å². The molecule has 0 aliphatic carbocycles. The molecule has 0 fully saturated rings. The molecule has 1 aromatic rings. The molecule has 0 radical (unpaired) electrons. The summed E-state index contributed by atoms with van der Waals surface area (Å²) in [4.78, 5) is 3.96. The van der Waals surface area contributed by atoms with Gasteiger partial charge >= 0.3 is 0 Å². The molecular weight excluding hydrogens is 274 g/mol. The highest BCUT2D eigenvalue weighted by Gasteiger charge is 2.02. The third-order valence-corrected chi connectivity index (χ3v) is 3.13. The lowest BCUT2D eigenvalue weighted by molar-refractivity contribution is 1.21. The van der Waals surface area contributed by atoms with Gasteiger partial charge in [0.15, 0.2) is 0 Å². The fraction of sp³-hybridized carbons (Fsp3) is 0.300. The van der Waals surface area contributed by atoms with E-state index < -0.39 is 0 Å². The molecule has 0 saturated carbocycles. The van der Waals surface area contributed by atoms with Crippen LogP contribution in [-0.4, -0.2) is 23.0 Å². The maximum Gasteiger partial charge on any atom is 0.0750 e. The van der Waals surface area contributed by atoms with Crippen molar-refractivity contribution >= 4 is 39.1 Å². The molecule has 1 rings (SSSR count). The zero-order chi connectivity index (χ0) is 11.1.